The smallest absolute Gasteiger partial charge is 0.236 e. The molecule has 2 N–H and O–H groups in total. The van der Waals surface area contributed by atoms with E-state index in [1.807, 2.05) is 37.4 Å². The maximum Gasteiger partial charge on any atom is 0.236 e. The molecule has 0 bridgehead atoms. The number of nitrogens with zero attached hydrogens (tertiary/aromatic N) is 2. The SMILES string of the molecule is CN(Cc1ccccc1)C(=O)CN1CCC[C@@H](N)C1. The normalized spacial score (nSPS) is 20.2. The van der Waals surface area contributed by atoms with Gasteiger partial charge in [-0.15, -0.1) is 0 Å². The van der Waals surface area contributed by atoms with Crippen LogP contribution in [-0.2, 0) is 11.3 Å². The molecular formula is C15H23N3O. The standard InChI is InChI=1S/C15H23N3O/c1-17(10-13-6-3-2-4-7-13)15(19)12-18-9-5-8-14(16)11-18/h2-4,6-7,14H,5,8-12,16H2,1H3/t14-/m1/s1. The summed E-state index contributed by atoms with van der Waals surface area (Å²) in [4.78, 5) is 16.1. The van der Waals surface area contributed by atoms with Gasteiger partial charge in [-0.3, -0.25) is 9.69 Å². The van der Waals surface area contributed by atoms with E-state index in [2.05, 4.69) is 4.90 Å². The van der Waals surface area contributed by atoms with Crippen molar-refractivity contribution in [3.05, 3.63) is 35.9 Å². The van der Waals surface area contributed by atoms with Crippen LogP contribution in [0.5, 0.6) is 0 Å². The molecule has 4 nitrogen and oxygen atoms in total. The number of nitrogens with two attached hydrogens (primary N) is 1. The van der Waals surface area contributed by atoms with Gasteiger partial charge in [-0.2, -0.15) is 0 Å². The van der Waals surface area contributed by atoms with Crippen molar-refractivity contribution in [2.45, 2.75) is 25.4 Å². The predicted octanol–water partition coefficient (Wildman–Crippen LogP) is 1.07. The van der Waals surface area contributed by atoms with Crippen molar-refractivity contribution in [1.29, 1.82) is 0 Å². The van der Waals surface area contributed by atoms with Crippen LogP contribution >= 0.6 is 0 Å². The van der Waals surface area contributed by atoms with Crippen LogP contribution < -0.4 is 5.73 Å². The average molecular weight is 261 g/mol. The zero-order valence-corrected chi connectivity index (χ0v) is 11.6. The summed E-state index contributed by atoms with van der Waals surface area (Å²) in [5.41, 5.74) is 7.09. The maximum absolute atomic E-state index is 12.2. The molecule has 1 aliphatic rings. The molecule has 1 aromatic rings. The summed E-state index contributed by atoms with van der Waals surface area (Å²) < 4.78 is 0. The zero-order chi connectivity index (χ0) is 13.7. The number of hydrogen-bond acceptors (Lipinski definition) is 3. The summed E-state index contributed by atoms with van der Waals surface area (Å²) >= 11 is 0. The highest BCUT2D eigenvalue weighted by Crippen LogP contribution is 2.09. The van der Waals surface area contributed by atoms with Gasteiger partial charge in [0.2, 0.25) is 5.91 Å². The molecule has 1 saturated heterocycles. The Labute approximate surface area is 115 Å². The van der Waals surface area contributed by atoms with Gasteiger partial charge in [-0.25, -0.2) is 0 Å². The lowest BCUT2D eigenvalue weighted by atomic mass is 10.1. The Kier molecular flexibility index (Phi) is 4.93. The molecule has 104 valence electrons. The molecule has 0 saturated carbocycles. The molecule has 1 fully saturated rings. The third kappa shape index (κ3) is 4.33. The minimum Gasteiger partial charge on any atom is -0.340 e. The van der Waals surface area contributed by atoms with E-state index in [9.17, 15) is 4.79 Å². The van der Waals surface area contributed by atoms with Crippen molar-refractivity contribution in [3.8, 4) is 0 Å². The fourth-order valence-electron chi connectivity index (χ4n) is 2.49. The summed E-state index contributed by atoms with van der Waals surface area (Å²) in [7, 11) is 1.86. The van der Waals surface area contributed by atoms with Crippen LogP contribution in [0.25, 0.3) is 0 Å². The Morgan fingerprint density at radius 2 is 2.16 bits per heavy atom. The number of likely N-dealkylation sites (N-methyl/N-ethyl adjacent to an activating group) is 1. The van der Waals surface area contributed by atoms with Crippen LogP contribution in [0.2, 0.25) is 0 Å². The maximum atomic E-state index is 12.2. The number of piperidine rings is 1. The molecule has 0 aromatic heterocycles. The molecule has 0 aliphatic carbocycles. The number of rotatable bonds is 4. The summed E-state index contributed by atoms with van der Waals surface area (Å²) in [5.74, 6) is 0.165. The second kappa shape index (κ2) is 6.68. The molecule has 1 aromatic carbocycles. The molecular weight excluding hydrogens is 238 g/mol. The highest BCUT2D eigenvalue weighted by atomic mass is 16.2. The number of benzene rings is 1. The monoisotopic (exact) mass is 261 g/mol. The molecule has 19 heavy (non-hydrogen) atoms. The largest absolute Gasteiger partial charge is 0.340 e. The first-order valence-electron chi connectivity index (χ1n) is 6.91. The van der Waals surface area contributed by atoms with Crippen LogP contribution in [-0.4, -0.2) is 48.4 Å². The first-order valence-corrected chi connectivity index (χ1v) is 6.91. The van der Waals surface area contributed by atoms with E-state index in [-0.39, 0.29) is 11.9 Å². The van der Waals surface area contributed by atoms with Crippen LogP contribution in [0.4, 0.5) is 0 Å². The lowest BCUT2D eigenvalue weighted by Gasteiger charge is -2.31. The van der Waals surface area contributed by atoms with Gasteiger partial charge in [0.15, 0.2) is 0 Å². The first kappa shape index (κ1) is 14.0. The molecule has 2 rings (SSSR count). The Balaban J connectivity index is 1.82. The third-order valence-electron chi connectivity index (χ3n) is 3.59. The molecule has 0 unspecified atom stereocenters. The second-order valence-corrected chi connectivity index (χ2v) is 5.37. The summed E-state index contributed by atoms with van der Waals surface area (Å²) in [6.45, 7) is 2.97. The lowest BCUT2D eigenvalue weighted by molar-refractivity contribution is -0.131. The third-order valence-corrected chi connectivity index (χ3v) is 3.59. The molecule has 0 radical (unpaired) electrons. The molecule has 1 atom stereocenters. The van der Waals surface area contributed by atoms with Gasteiger partial charge in [-0.05, 0) is 24.9 Å². The van der Waals surface area contributed by atoms with E-state index in [0.29, 0.717) is 13.1 Å². The van der Waals surface area contributed by atoms with Crippen LogP contribution in [0.15, 0.2) is 30.3 Å². The summed E-state index contributed by atoms with van der Waals surface area (Å²) in [5, 5.41) is 0. The van der Waals surface area contributed by atoms with Crippen molar-refractivity contribution >= 4 is 5.91 Å². The Hall–Kier alpha value is -1.39. The van der Waals surface area contributed by atoms with Crippen molar-refractivity contribution in [2.24, 2.45) is 5.73 Å². The second-order valence-electron chi connectivity index (χ2n) is 5.37. The van der Waals surface area contributed by atoms with Crippen LogP contribution in [0.3, 0.4) is 0 Å². The number of amides is 1. The van der Waals surface area contributed by atoms with Gasteiger partial charge in [0.25, 0.3) is 0 Å². The van der Waals surface area contributed by atoms with Crippen molar-refractivity contribution in [2.75, 3.05) is 26.7 Å². The van der Waals surface area contributed by atoms with Crippen molar-refractivity contribution < 1.29 is 4.79 Å². The molecule has 4 heteroatoms. The van der Waals surface area contributed by atoms with E-state index in [0.717, 1.165) is 31.5 Å². The number of likely N-dealkylation sites (tertiary alicyclic amines) is 1. The zero-order valence-electron chi connectivity index (χ0n) is 11.6. The van der Waals surface area contributed by atoms with Crippen LogP contribution in [0.1, 0.15) is 18.4 Å². The van der Waals surface area contributed by atoms with Gasteiger partial charge in [0.05, 0.1) is 6.54 Å². The quantitative estimate of drug-likeness (QED) is 0.882. The molecule has 1 heterocycles. The number of carbonyl (C=O) groups excluding carboxylic acids is 1. The van der Waals surface area contributed by atoms with Gasteiger partial charge >= 0.3 is 0 Å². The Morgan fingerprint density at radius 3 is 2.84 bits per heavy atom. The predicted molar refractivity (Wildman–Crippen MR) is 76.6 cm³/mol. The van der Waals surface area contributed by atoms with E-state index >= 15 is 0 Å². The summed E-state index contributed by atoms with van der Waals surface area (Å²) in [6, 6.07) is 10.3. The van der Waals surface area contributed by atoms with E-state index < -0.39 is 0 Å². The minimum absolute atomic E-state index is 0.165. The Morgan fingerprint density at radius 1 is 1.42 bits per heavy atom. The molecule has 0 spiro atoms. The molecule has 1 aliphatic heterocycles. The number of hydrogen-bond donors (Lipinski definition) is 1. The van der Waals surface area contributed by atoms with Gasteiger partial charge in [0, 0.05) is 26.2 Å². The lowest BCUT2D eigenvalue weighted by Crippen LogP contribution is -2.47. The fraction of sp³-hybridized carbons (Fsp3) is 0.533. The van der Waals surface area contributed by atoms with Crippen molar-refractivity contribution in [1.82, 2.24) is 9.80 Å². The van der Waals surface area contributed by atoms with Crippen LogP contribution in [0, 0.1) is 0 Å². The van der Waals surface area contributed by atoms with E-state index in [4.69, 9.17) is 5.73 Å². The first-order chi connectivity index (χ1) is 9.15. The Bertz CT molecular complexity index is 407. The average Bonchev–Trinajstić information content (AvgIpc) is 2.40. The minimum atomic E-state index is 0.165. The highest BCUT2D eigenvalue weighted by Gasteiger charge is 2.20. The van der Waals surface area contributed by atoms with Gasteiger partial charge < -0.3 is 10.6 Å². The highest BCUT2D eigenvalue weighted by molar-refractivity contribution is 5.78. The topological polar surface area (TPSA) is 49.6 Å². The van der Waals surface area contributed by atoms with Crippen molar-refractivity contribution in [3.63, 3.8) is 0 Å². The number of carbonyl (C=O) groups is 1. The van der Waals surface area contributed by atoms with E-state index in [1.54, 1.807) is 4.90 Å². The molecule has 1 amide bonds. The van der Waals surface area contributed by atoms with E-state index in [1.165, 1.54) is 0 Å². The fourth-order valence-corrected chi connectivity index (χ4v) is 2.49. The van der Waals surface area contributed by atoms with Gasteiger partial charge in [-0.1, -0.05) is 30.3 Å². The summed E-state index contributed by atoms with van der Waals surface area (Å²) in [6.07, 6.45) is 2.17. The van der Waals surface area contributed by atoms with Gasteiger partial charge in [0.1, 0.15) is 0 Å².